The average Bonchev–Trinajstić information content (AvgIpc) is 3.11. The largest absolute Gasteiger partial charge is 0.367 e. The van der Waals surface area contributed by atoms with E-state index in [0.717, 1.165) is 17.2 Å². The van der Waals surface area contributed by atoms with Gasteiger partial charge in [0.05, 0.1) is 0 Å². The monoisotopic (exact) mass is 279 g/mol. The highest BCUT2D eigenvalue weighted by molar-refractivity contribution is 6.30. The predicted octanol–water partition coefficient (Wildman–Crippen LogP) is 4.31. The molecule has 0 spiro atoms. The minimum absolute atomic E-state index is 0.446. The van der Waals surface area contributed by atoms with Crippen molar-refractivity contribution < 1.29 is 0 Å². The number of hydrogen-bond acceptors (Lipinski definition) is 3. The first-order valence-corrected chi connectivity index (χ1v) is 7.63. The molecular formula is C15H22ClN3. The molecule has 3 rings (SSSR count). The van der Waals surface area contributed by atoms with E-state index in [4.69, 9.17) is 16.6 Å². The Kier molecular flexibility index (Phi) is 3.20. The summed E-state index contributed by atoms with van der Waals surface area (Å²) in [7, 11) is 0. The second-order valence-corrected chi connectivity index (χ2v) is 7.23. The van der Waals surface area contributed by atoms with Crippen LogP contribution in [0.3, 0.4) is 0 Å². The average molecular weight is 280 g/mol. The summed E-state index contributed by atoms with van der Waals surface area (Å²) in [5, 5.41) is 4.20. The minimum atomic E-state index is 0.446. The summed E-state index contributed by atoms with van der Waals surface area (Å²) in [4.78, 5) is 9.11. The van der Waals surface area contributed by atoms with Gasteiger partial charge in [-0.15, -0.1) is 0 Å². The fraction of sp³-hybridized carbons (Fsp3) is 0.733. The maximum atomic E-state index is 6.24. The van der Waals surface area contributed by atoms with Crippen molar-refractivity contribution in [2.24, 2.45) is 5.41 Å². The van der Waals surface area contributed by atoms with E-state index < -0.39 is 0 Å². The molecule has 0 saturated heterocycles. The van der Waals surface area contributed by atoms with E-state index >= 15 is 0 Å². The standard InChI is InChI=1S/C15H22ClN3/c1-9-12(16)18-14(10-4-5-10)19-13(9)17-11-6-7-15(2,3)8-11/h10-11H,4-8H2,1-3H3,(H,17,18,19). The maximum Gasteiger partial charge on any atom is 0.137 e. The second kappa shape index (κ2) is 4.62. The van der Waals surface area contributed by atoms with Crippen molar-refractivity contribution >= 4 is 17.4 Å². The molecule has 2 aliphatic carbocycles. The van der Waals surface area contributed by atoms with Gasteiger partial charge in [0.25, 0.3) is 0 Å². The molecule has 3 nitrogen and oxygen atoms in total. The molecular weight excluding hydrogens is 258 g/mol. The van der Waals surface area contributed by atoms with Gasteiger partial charge in [-0.3, -0.25) is 0 Å². The third-order valence-corrected chi connectivity index (χ3v) is 4.72. The molecule has 1 aromatic rings. The number of aromatic nitrogens is 2. The van der Waals surface area contributed by atoms with Crippen LogP contribution in [0.5, 0.6) is 0 Å². The molecule has 1 aromatic heterocycles. The van der Waals surface area contributed by atoms with Crippen molar-refractivity contribution in [3.05, 3.63) is 16.5 Å². The molecule has 1 unspecified atom stereocenters. The summed E-state index contributed by atoms with van der Waals surface area (Å²) in [6.07, 6.45) is 6.10. The molecule has 2 fully saturated rings. The lowest BCUT2D eigenvalue weighted by molar-refractivity contribution is 0.378. The molecule has 19 heavy (non-hydrogen) atoms. The zero-order chi connectivity index (χ0) is 13.6. The first kappa shape index (κ1) is 13.2. The van der Waals surface area contributed by atoms with Gasteiger partial charge < -0.3 is 5.32 Å². The van der Waals surface area contributed by atoms with Crippen LogP contribution in [0.1, 0.15) is 63.3 Å². The van der Waals surface area contributed by atoms with Crippen LogP contribution in [0.2, 0.25) is 5.15 Å². The quantitative estimate of drug-likeness (QED) is 0.838. The minimum Gasteiger partial charge on any atom is -0.367 e. The topological polar surface area (TPSA) is 37.8 Å². The van der Waals surface area contributed by atoms with E-state index in [-0.39, 0.29) is 0 Å². The lowest BCUT2D eigenvalue weighted by atomic mass is 9.92. The molecule has 0 radical (unpaired) electrons. The molecule has 4 heteroatoms. The van der Waals surface area contributed by atoms with E-state index in [1.165, 1.54) is 32.1 Å². The maximum absolute atomic E-state index is 6.24. The zero-order valence-electron chi connectivity index (χ0n) is 12.0. The summed E-state index contributed by atoms with van der Waals surface area (Å²) < 4.78 is 0. The number of nitrogens with zero attached hydrogens (tertiary/aromatic N) is 2. The van der Waals surface area contributed by atoms with E-state index in [0.29, 0.717) is 22.5 Å². The highest BCUT2D eigenvalue weighted by Crippen LogP contribution is 2.41. The number of nitrogens with one attached hydrogen (secondary N) is 1. The molecule has 0 bridgehead atoms. The fourth-order valence-corrected chi connectivity index (χ4v) is 3.10. The summed E-state index contributed by atoms with van der Waals surface area (Å²) in [6.45, 7) is 6.68. The Labute approximate surface area is 120 Å². The van der Waals surface area contributed by atoms with E-state index in [1.54, 1.807) is 0 Å². The first-order chi connectivity index (χ1) is 8.94. The van der Waals surface area contributed by atoms with Gasteiger partial charge in [-0.05, 0) is 44.4 Å². The van der Waals surface area contributed by atoms with Crippen molar-refractivity contribution in [1.29, 1.82) is 0 Å². The van der Waals surface area contributed by atoms with Crippen molar-refractivity contribution in [3.8, 4) is 0 Å². The fourth-order valence-electron chi connectivity index (χ4n) is 2.92. The van der Waals surface area contributed by atoms with Crippen molar-refractivity contribution in [3.63, 3.8) is 0 Å². The SMILES string of the molecule is Cc1c(Cl)nc(C2CC2)nc1NC1CCC(C)(C)C1. The Balaban J connectivity index is 1.80. The van der Waals surface area contributed by atoms with Crippen molar-refractivity contribution in [2.75, 3.05) is 5.32 Å². The predicted molar refractivity (Wildman–Crippen MR) is 78.8 cm³/mol. The van der Waals surface area contributed by atoms with Gasteiger partial charge in [-0.2, -0.15) is 0 Å². The molecule has 1 atom stereocenters. The Morgan fingerprint density at radius 3 is 2.53 bits per heavy atom. The summed E-state index contributed by atoms with van der Waals surface area (Å²) in [5.41, 5.74) is 1.43. The summed E-state index contributed by atoms with van der Waals surface area (Å²) in [6, 6.07) is 0.520. The normalized spacial score (nSPS) is 25.6. The molecule has 1 heterocycles. The highest BCUT2D eigenvalue weighted by atomic mass is 35.5. The number of hydrogen-bond donors (Lipinski definition) is 1. The van der Waals surface area contributed by atoms with Crippen LogP contribution in [0.15, 0.2) is 0 Å². The van der Waals surface area contributed by atoms with E-state index in [2.05, 4.69) is 24.1 Å². The lowest BCUT2D eigenvalue weighted by Gasteiger charge is -2.19. The Morgan fingerprint density at radius 2 is 1.95 bits per heavy atom. The van der Waals surface area contributed by atoms with Crippen LogP contribution < -0.4 is 5.32 Å². The van der Waals surface area contributed by atoms with Crippen LogP contribution in [-0.4, -0.2) is 16.0 Å². The van der Waals surface area contributed by atoms with Crippen LogP contribution in [0.25, 0.3) is 0 Å². The van der Waals surface area contributed by atoms with Gasteiger partial charge in [-0.1, -0.05) is 25.4 Å². The highest BCUT2D eigenvalue weighted by Gasteiger charge is 2.32. The third kappa shape index (κ3) is 2.86. The summed E-state index contributed by atoms with van der Waals surface area (Å²) in [5.74, 6) is 2.42. The van der Waals surface area contributed by atoms with Crippen molar-refractivity contribution in [1.82, 2.24) is 9.97 Å². The van der Waals surface area contributed by atoms with Crippen LogP contribution in [0.4, 0.5) is 5.82 Å². The second-order valence-electron chi connectivity index (χ2n) is 6.87. The van der Waals surface area contributed by atoms with Gasteiger partial charge in [0.2, 0.25) is 0 Å². The van der Waals surface area contributed by atoms with Gasteiger partial charge in [0.15, 0.2) is 0 Å². The zero-order valence-corrected chi connectivity index (χ0v) is 12.7. The molecule has 1 N–H and O–H groups in total. The van der Waals surface area contributed by atoms with Crippen LogP contribution in [-0.2, 0) is 0 Å². The van der Waals surface area contributed by atoms with Gasteiger partial charge >= 0.3 is 0 Å². The van der Waals surface area contributed by atoms with E-state index in [1.807, 2.05) is 6.92 Å². The first-order valence-electron chi connectivity index (χ1n) is 7.25. The van der Waals surface area contributed by atoms with Crippen LogP contribution >= 0.6 is 11.6 Å². The Morgan fingerprint density at radius 1 is 1.21 bits per heavy atom. The number of halogens is 1. The van der Waals surface area contributed by atoms with Gasteiger partial charge in [0, 0.05) is 17.5 Å². The number of anilines is 1. The lowest BCUT2D eigenvalue weighted by Crippen LogP contribution is -2.19. The Hall–Kier alpha value is -0.830. The van der Waals surface area contributed by atoms with Crippen molar-refractivity contribution in [2.45, 2.75) is 64.8 Å². The van der Waals surface area contributed by atoms with Gasteiger partial charge in [0.1, 0.15) is 16.8 Å². The smallest absolute Gasteiger partial charge is 0.137 e. The molecule has 2 saturated carbocycles. The Bertz CT molecular complexity index is 494. The summed E-state index contributed by atoms with van der Waals surface area (Å²) >= 11 is 6.24. The molecule has 0 amide bonds. The third-order valence-electron chi connectivity index (χ3n) is 4.36. The number of rotatable bonds is 3. The molecule has 0 aromatic carbocycles. The molecule has 2 aliphatic rings. The molecule has 104 valence electrons. The molecule has 0 aliphatic heterocycles. The van der Waals surface area contributed by atoms with E-state index in [9.17, 15) is 0 Å². The van der Waals surface area contributed by atoms with Crippen LogP contribution in [0, 0.1) is 12.3 Å². The van der Waals surface area contributed by atoms with Gasteiger partial charge in [-0.25, -0.2) is 9.97 Å².